The highest BCUT2D eigenvalue weighted by Crippen LogP contribution is 2.18. The quantitative estimate of drug-likeness (QED) is 0.00733. The van der Waals surface area contributed by atoms with E-state index in [9.17, 15) is 42.5 Å². The number of alkyl carbamates (subject to hydrolysis) is 1. The minimum absolute atomic E-state index is 0.0205. The zero-order chi connectivity index (χ0) is 62.9. The fourth-order valence-electron chi connectivity index (χ4n) is 4.47. The maximum absolute atomic E-state index is 11.7. The lowest BCUT2D eigenvalue weighted by Gasteiger charge is -2.14. The van der Waals surface area contributed by atoms with Gasteiger partial charge in [0.25, 0.3) is 15.8 Å². The van der Waals surface area contributed by atoms with E-state index in [0.717, 1.165) is 11.3 Å². The number of nitrogens with one attached hydrogen (secondary N) is 1. The maximum Gasteiger partial charge on any atom is 0.513 e. The Balaban J connectivity index is -0.00000100. The molecule has 0 aliphatic carbocycles. The Bertz CT molecular complexity index is 2060. The zero-order valence-electron chi connectivity index (χ0n) is 47.3. The van der Waals surface area contributed by atoms with Gasteiger partial charge in [-0.15, -0.1) is 0 Å². The third-order valence-electron chi connectivity index (χ3n) is 8.78. The molecule has 0 bridgehead atoms. The number of aliphatic carboxylic acids is 3. The zero-order valence-corrected chi connectivity index (χ0v) is 50.7. The molecule has 478 valence electrons. The number of non-ortho nitro benzene ring substituents is 1. The number of aryl methyl sites for hydroxylation is 1. The monoisotopic (exact) mass is 1270 g/mol. The molecule has 1 amide bonds. The molecule has 34 heteroatoms. The summed E-state index contributed by atoms with van der Waals surface area (Å²) in [6, 6.07) is 8.95. The molecule has 3 unspecified atom stereocenters. The van der Waals surface area contributed by atoms with Crippen molar-refractivity contribution < 1.29 is 118 Å². The number of nitro benzene ring substituents is 1. The van der Waals surface area contributed by atoms with Gasteiger partial charge in [-0.1, -0.05) is 17.7 Å². The number of methoxy groups -OCH3 is 4. The second-order valence-electron chi connectivity index (χ2n) is 15.4. The Labute approximate surface area is 498 Å². The standard InChI is InChI=1S/C14H27NO8S.C12H15NO7.C12H17O5S.C8H17NO4S.C3H7NO2S/c1-19-3-5-21-7-8-23-14(18)15-12(13(16)17)11-24-10-9-22-6-4-20-2;1-17-6-7-18-8-9-19-12(14)20-11-4-2-10(3-5-11)13(15)16;1-11-3-5-12(6-4-11)18(13,14)17-10-9-16-8-7-15-2;1-12-2-3-13-4-5-14-6-7(9)8(10)11;4-2(1-7)3(5)6/h12H,3-11H2,1-2H3,(H,15,18)(H,16,17);2-5H,6-9H2,1H3;3-6H,2,7-10H2,1H3;7H,2-6,9H2,1H3,(H,10,11);2,7H,1,4H2,(H,5,6)/q;;+1;;. The summed E-state index contributed by atoms with van der Waals surface area (Å²) in [6.07, 6.45) is -1.68. The Morgan fingerprint density at radius 2 is 1.05 bits per heavy atom. The Hall–Kier alpha value is -4.86. The summed E-state index contributed by atoms with van der Waals surface area (Å²) in [7, 11) is 5.81. The number of carbonyl (C=O) groups is 5. The van der Waals surface area contributed by atoms with Crippen LogP contribution in [0.2, 0.25) is 0 Å². The fourth-order valence-corrected chi connectivity index (χ4v) is 7.18. The molecule has 0 aromatic heterocycles. The van der Waals surface area contributed by atoms with Gasteiger partial charge in [0, 0.05) is 69.3 Å². The highest BCUT2D eigenvalue weighted by atomic mass is 32.2. The van der Waals surface area contributed by atoms with E-state index < -0.39 is 63.3 Å². The molecular formula is C49H83N4O26S4+. The number of carbonyl (C=O) groups excluding carboxylic acids is 2. The molecule has 3 atom stereocenters. The molecule has 0 heterocycles. The summed E-state index contributed by atoms with van der Waals surface area (Å²) in [5, 5.41) is 38.3. The van der Waals surface area contributed by atoms with Gasteiger partial charge in [-0.2, -0.15) is 49.3 Å². The predicted octanol–water partition coefficient (Wildman–Crippen LogP) is 2.65. The molecule has 0 aliphatic rings. The van der Waals surface area contributed by atoms with Crippen LogP contribution >= 0.6 is 36.2 Å². The van der Waals surface area contributed by atoms with E-state index in [1.165, 1.54) is 59.9 Å². The van der Waals surface area contributed by atoms with Crippen molar-refractivity contribution in [3.8, 4) is 5.75 Å². The summed E-state index contributed by atoms with van der Waals surface area (Å²) in [5.74, 6) is -0.701. The van der Waals surface area contributed by atoms with Crippen LogP contribution < -0.4 is 21.5 Å². The van der Waals surface area contributed by atoms with Gasteiger partial charge < -0.3 is 88.9 Å². The maximum atomic E-state index is 11.7. The van der Waals surface area contributed by atoms with Gasteiger partial charge in [-0.3, -0.25) is 23.9 Å². The van der Waals surface area contributed by atoms with Gasteiger partial charge in [-0.25, -0.2) is 14.4 Å². The van der Waals surface area contributed by atoms with Gasteiger partial charge >= 0.3 is 30.2 Å². The first-order valence-electron chi connectivity index (χ1n) is 24.8. The molecule has 8 N–H and O–H groups in total. The van der Waals surface area contributed by atoms with Crippen LogP contribution in [-0.2, 0) is 85.5 Å². The first-order chi connectivity index (χ1) is 39.7. The number of nitrogens with two attached hydrogens (primary N) is 2. The molecule has 2 aromatic rings. The van der Waals surface area contributed by atoms with Crippen molar-refractivity contribution in [2.24, 2.45) is 11.5 Å². The van der Waals surface area contributed by atoms with E-state index in [1.807, 2.05) is 6.92 Å². The first kappa shape index (κ1) is 82.4. The normalized spacial score (nSPS) is 11.7. The SMILES string of the molecule is COCCOCCOC(=O)NC(CSCCOCCOC)C(=O)O.COCCOCCOC(=O)Oc1ccc([N+](=O)[O-])cc1.COCCOCCSCC(N)C(=O)O.NC(CS)C(=O)O.[CH2+]OCCOCCOS(=O)(=O)c1ccc(C)cc1. The van der Waals surface area contributed by atoms with Crippen LogP contribution in [0.4, 0.5) is 15.3 Å². The van der Waals surface area contributed by atoms with Crippen LogP contribution in [0.3, 0.4) is 0 Å². The number of benzene rings is 2. The van der Waals surface area contributed by atoms with Crippen LogP contribution in [0.5, 0.6) is 5.75 Å². The molecule has 30 nitrogen and oxygen atoms in total. The second-order valence-corrected chi connectivity index (χ2v) is 19.7. The van der Waals surface area contributed by atoms with Crippen molar-refractivity contribution in [2.75, 3.05) is 176 Å². The van der Waals surface area contributed by atoms with E-state index in [0.29, 0.717) is 90.8 Å². The molecule has 0 aliphatic heterocycles. The minimum atomic E-state index is -3.69. The summed E-state index contributed by atoms with van der Waals surface area (Å²) in [4.78, 5) is 64.0. The van der Waals surface area contributed by atoms with Gasteiger partial charge in [0.05, 0.1) is 109 Å². The number of rotatable bonds is 43. The molecule has 0 radical (unpaired) electrons. The van der Waals surface area contributed by atoms with E-state index in [4.69, 9.17) is 87.8 Å². The summed E-state index contributed by atoms with van der Waals surface area (Å²) in [6.45, 7) is 8.33. The first-order valence-corrected chi connectivity index (χ1v) is 29.2. The Kier molecular flexibility index (Phi) is 57.1. The number of hydrogen-bond acceptors (Lipinski definition) is 28. The number of hydrogen-bond donors (Lipinski definition) is 7. The van der Waals surface area contributed by atoms with Crippen LogP contribution in [0, 0.1) is 24.1 Å². The van der Waals surface area contributed by atoms with Crippen molar-refractivity contribution >= 4 is 82.1 Å². The average Bonchev–Trinajstić information content (AvgIpc) is 3.59. The Morgan fingerprint density at radius 1 is 0.614 bits per heavy atom. The van der Waals surface area contributed by atoms with Crippen molar-refractivity contribution in [1.82, 2.24) is 5.32 Å². The largest absolute Gasteiger partial charge is 0.513 e. The molecule has 2 aromatic carbocycles. The number of carboxylic acid groups (broad SMARTS) is 3. The van der Waals surface area contributed by atoms with Crippen LogP contribution in [0.15, 0.2) is 53.4 Å². The van der Waals surface area contributed by atoms with Gasteiger partial charge in [-0.05, 0) is 31.2 Å². The van der Waals surface area contributed by atoms with E-state index >= 15 is 0 Å². The highest BCUT2D eigenvalue weighted by Gasteiger charge is 2.21. The van der Waals surface area contributed by atoms with Crippen molar-refractivity contribution in [2.45, 2.75) is 29.9 Å². The minimum Gasteiger partial charge on any atom is -0.480 e. The number of nitrogens with zero attached hydrogens (tertiary/aromatic N) is 1. The third kappa shape index (κ3) is 53.6. The average molecular weight is 1270 g/mol. The molecule has 83 heavy (non-hydrogen) atoms. The van der Waals surface area contributed by atoms with Crippen LogP contribution in [0.25, 0.3) is 0 Å². The number of thioether (sulfide) groups is 2. The van der Waals surface area contributed by atoms with Gasteiger partial charge in [0.1, 0.15) is 43.7 Å². The molecular weight excluding hydrogens is 1190 g/mol. The molecule has 0 saturated carbocycles. The third-order valence-corrected chi connectivity index (χ3v) is 12.6. The summed E-state index contributed by atoms with van der Waals surface area (Å²) >= 11 is 6.50. The van der Waals surface area contributed by atoms with E-state index in [-0.39, 0.29) is 67.5 Å². The van der Waals surface area contributed by atoms with Gasteiger partial charge in [0.2, 0.25) is 7.11 Å². The fraction of sp³-hybridized carbons (Fsp3) is 0.633. The number of thiol groups is 1. The lowest BCUT2D eigenvalue weighted by atomic mass is 10.2. The van der Waals surface area contributed by atoms with Crippen molar-refractivity contribution in [3.63, 3.8) is 0 Å². The van der Waals surface area contributed by atoms with Crippen molar-refractivity contribution in [3.05, 3.63) is 71.3 Å². The lowest BCUT2D eigenvalue weighted by Crippen LogP contribution is -2.43. The molecule has 2 rings (SSSR count). The van der Waals surface area contributed by atoms with Crippen molar-refractivity contribution in [1.29, 1.82) is 0 Å². The number of ether oxygens (including phenoxy) is 13. The number of nitro groups is 1. The number of carboxylic acids is 3. The Morgan fingerprint density at radius 3 is 1.47 bits per heavy atom. The van der Waals surface area contributed by atoms with Gasteiger partial charge in [0.15, 0.2) is 0 Å². The van der Waals surface area contributed by atoms with E-state index in [2.05, 4.69) is 29.8 Å². The second kappa shape index (κ2) is 57.6. The van der Waals surface area contributed by atoms with Crippen LogP contribution in [-0.4, -0.2) is 253 Å². The molecule has 0 spiro atoms. The molecule has 0 fully saturated rings. The summed E-state index contributed by atoms with van der Waals surface area (Å²) in [5.41, 5.74) is 11.1. The predicted molar refractivity (Wildman–Crippen MR) is 308 cm³/mol. The molecule has 0 saturated heterocycles. The summed E-state index contributed by atoms with van der Waals surface area (Å²) < 4.78 is 92.1. The van der Waals surface area contributed by atoms with E-state index in [1.54, 1.807) is 40.6 Å². The lowest BCUT2D eigenvalue weighted by molar-refractivity contribution is -0.384. The highest BCUT2D eigenvalue weighted by molar-refractivity contribution is 7.99. The topological polar surface area (TPSA) is 417 Å². The smallest absolute Gasteiger partial charge is 0.480 e. The number of amides is 1. The van der Waals surface area contributed by atoms with Crippen LogP contribution in [0.1, 0.15) is 5.56 Å².